The van der Waals surface area contributed by atoms with E-state index in [0.29, 0.717) is 0 Å². The number of fused-ring (bicyclic) bond motifs is 2. The van der Waals surface area contributed by atoms with Gasteiger partial charge in [0, 0.05) is 39.1 Å². The minimum absolute atomic E-state index is 0.216. The molecule has 184 valence electrons. The summed E-state index contributed by atoms with van der Waals surface area (Å²) in [5.74, 6) is 0.776. The van der Waals surface area contributed by atoms with Gasteiger partial charge in [-0.25, -0.2) is 0 Å². The van der Waals surface area contributed by atoms with Crippen molar-refractivity contribution >= 4 is 33.1 Å². The highest BCUT2D eigenvalue weighted by Gasteiger charge is 2.17. The third kappa shape index (κ3) is 4.16. The van der Waals surface area contributed by atoms with Gasteiger partial charge in [0.15, 0.2) is 0 Å². The van der Waals surface area contributed by atoms with Gasteiger partial charge in [0.25, 0.3) is 0 Å². The molecule has 0 radical (unpaired) electrons. The van der Waals surface area contributed by atoms with Crippen LogP contribution >= 0.6 is 11.3 Å². The Bertz CT molecular complexity index is 1730. The van der Waals surface area contributed by atoms with Crippen LogP contribution in [0.2, 0.25) is 0 Å². The van der Waals surface area contributed by atoms with E-state index in [4.69, 9.17) is 4.74 Å². The number of hydrogen-bond acceptors (Lipinski definition) is 7. The molecule has 0 unspecified atom stereocenters. The molecule has 9 heteroatoms. The first-order valence-electron chi connectivity index (χ1n) is 12.4. The number of nitrogens with one attached hydrogen (secondary N) is 3. The molecule has 8 nitrogen and oxygen atoms in total. The lowest BCUT2D eigenvalue weighted by molar-refractivity contribution is 0.162. The zero-order valence-electron chi connectivity index (χ0n) is 20.3. The van der Waals surface area contributed by atoms with E-state index in [-0.39, 0.29) is 6.10 Å². The van der Waals surface area contributed by atoms with E-state index in [2.05, 4.69) is 66.6 Å². The van der Waals surface area contributed by atoms with Gasteiger partial charge in [0.05, 0.1) is 39.9 Å². The normalized spacial score (nSPS) is 14.5. The van der Waals surface area contributed by atoms with Gasteiger partial charge in [-0.05, 0) is 69.3 Å². The highest BCUT2D eigenvalue weighted by atomic mass is 32.1. The van der Waals surface area contributed by atoms with Crippen molar-refractivity contribution in [3.05, 3.63) is 66.1 Å². The van der Waals surface area contributed by atoms with Crippen molar-refractivity contribution < 1.29 is 4.74 Å². The van der Waals surface area contributed by atoms with E-state index in [0.717, 1.165) is 86.7 Å². The van der Waals surface area contributed by atoms with E-state index in [1.165, 1.54) is 4.88 Å². The topological polar surface area (TPSA) is 104 Å². The summed E-state index contributed by atoms with van der Waals surface area (Å²) >= 11 is 1.75. The van der Waals surface area contributed by atoms with E-state index >= 15 is 0 Å². The summed E-state index contributed by atoms with van der Waals surface area (Å²) < 4.78 is 6.21. The van der Waals surface area contributed by atoms with Crippen molar-refractivity contribution in [2.45, 2.75) is 25.9 Å². The Morgan fingerprint density at radius 2 is 1.81 bits per heavy atom. The number of thiophene rings is 1. The molecule has 3 N–H and O–H groups in total. The number of H-pyrrole nitrogens is 2. The number of aromatic amines is 2. The lowest BCUT2D eigenvalue weighted by Crippen LogP contribution is -2.34. The highest BCUT2D eigenvalue weighted by molar-refractivity contribution is 7.15. The van der Waals surface area contributed by atoms with E-state index in [1.54, 1.807) is 17.5 Å². The molecule has 6 aromatic heterocycles. The van der Waals surface area contributed by atoms with Crippen molar-refractivity contribution in [3.8, 4) is 39.0 Å². The minimum atomic E-state index is 0.216. The van der Waals surface area contributed by atoms with Crippen molar-refractivity contribution in [2.75, 3.05) is 13.1 Å². The predicted octanol–water partition coefficient (Wildman–Crippen LogP) is 5.73. The van der Waals surface area contributed by atoms with Gasteiger partial charge in [0.2, 0.25) is 0 Å². The molecule has 37 heavy (non-hydrogen) atoms. The predicted molar refractivity (Wildman–Crippen MR) is 147 cm³/mol. The molecule has 0 aromatic carbocycles. The molecule has 0 aliphatic carbocycles. The Hall–Kier alpha value is -4.08. The molecule has 1 aliphatic rings. The Morgan fingerprint density at radius 1 is 0.919 bits per heavy atom. The zero-order chi connectivity index (χ0) is 24.8. The second kappa shape index (κ2) is 9.10. The molecule has 7 heterocycles. The van der Waals surface area contributed by atoms with Gasteiger partial charge in [-0.2, -0.15) is 5.10 Å². The van der Waals surface area contributed by atoms with Crippen LogP contribution in [-0.4, -0.2) is 49.3 Å². The first-order valence-corrected chi connectivity index (χ1v) is 13.2. The van der Waals surface area contributed by atoms with Crippen LogP contribution in [-0.2, 0) is 0 Å². The van der Waals surface area contributed by atoms with E-state index in [9.17, 15) is 0 Å². The molecular weight excluding hydrogens is 482 g/mol. The van der Waals surface area contributed by atoms with Crippen molar-refractivity contribution in [1.82, 2.24) is 35.5 Å². The average molecular weight is 508 g/mol. The Balaban J connectivity index is 1.26. The number of aromatic nitrogens is 6. The zero-order valence-corrected chi connectivity index (χ0v) is 21.1. The maximum absolute atomic E-state index is 6.21. The molecule has 1 aliphatic heterocycles. The van der Waals surface area contributed by atoms with Crippen LogP contribution < -0.4 is 10.1 Å². The van der Waals surface area contributed by atoms with Crippen LogP contribution in [0.4, 0.5) is 0 Å². The molecule has 0 spiro atoms. The Labute approximate surface area is 217 Å². The summed E-state index contributed by atoms with van der Waals surface area (Å²) in [5.41, 5.74) is 6.41. The number of pyridine rings is 3. The van der Waals surface area contributed by atoms with Gasteiger partial charge < -0.3 is 15.0 Å². The van der Waals surface area contributed by atoms with Crippen molar-refractivity contribution in [3.63, 3.8) is 0 Å². The Morgan fingerprint density at radius 3 is 2.68 bits per heavy atom. The van der Waals surface area contributed by atoms with Crippen LogP contribution in [0, 0.1) is 6.92 Å². The van der Waals surface area contributed by atoms with Gasteiger partial charge in [-0.15, -0.1) is 11.3 Å². The van der Waals surface area contributed by atoms with Crippen LogP contribution in [0.3, 0.4) is 0 Å². The fourth-order valence-corrected chi connectivity index (χ4v) is 5.83. The number of ether oxygens (including phenoxy) is 1. The second-order valence-corrected chi connectivity index (χ2v) is 10.7. The number of piperidine rings is 1. The molecule has 1 fully saturated rings. The van der Waals surface area contributed by atoms with Gasteiger partial charge >= 0.3 is 0 Å². The van der Waals surface area contributed by atoms with Crippen LogP contribution in [0.15, 0.2) is 61.2 Å². The van der Waals surface area contributed by atoms with Crippen molar-refractivity contribution in [2.24, 2.45) is 0 Å². The maximum atomic E-state index is 6.21. The maximum Gasteiger partial charge on any atom is 0.138 e. The SMILES string of the molecule is Cc1ccc(-c2nccc3[nH]c(-c4n[nH]c5cnc(-c6cncc(OC7CCNCC7)c6)cc45)cc23)s1. The van der Waals surface area contributed by atoms with E-state index in [1.807, 2.05) is 30.7 Å². The van der Waals surface area contributed by atoms with Gasteiger partial charge in [-0.1, -0.05) is 0 Å². The van der Waals surface area contributed by atoms with Gasteiger partial charge in [-0.3, -0.25) is 20.1 Å². The summed E-state index contributed by atoms with van der Waals surface area (Å²) in [6.07, 6.45) is 9.50. The molecule has 6 aromatic rings. The quantitative estimate of drug-likeness (QED) is 0.275. The third-order valence-corrected chi connectivity index (χ3v) is 7.83. The average Bonchev–Trinajstić information content (AvgIpc) is 3.66. The summed E-state index contributed by atoms with van der Waals surface area (Å²) in [5, 5.41) is 13.2. The molecular formula is C28H25N7OS. The largest absolute Gasteiger partial charge is 0.489 e. The molecule has 0 amide bonds. The van der Waals surface area contributed by atoms with E-state index < -0.39 is 0 Å². The highest BCUT2D eigenvalue weighted by Crippen LogP contribution is 2.36. The fourth-order valence-electron chi connectivity index (χ4n) is 4.95. The molecule has 1 saturated heterocycles. The summed E-state index contributed by atoms with van der Waals surface area (Å²) in [4.78, 5) is 19.8. The molecule has 0 bridgehead atoms. The summed E-state index contributed by atoms with van der Waals surface area (Å²) in [6.45, 7) is 4.08. The smallest absolute Gasteiger partial charge is 0.138 e. The molecule has 0 atom stereocenters. The first-order chi connectivity index (χ1) is 18.2. The number of nitrogens with zero attached hydrogens (tertiary/aromatic N) is 4. The summed E-state index contributed by atoms with van der Waals surface area (Å²) in [6, 6.07) is 12.5. The van der Waals surface area contributed by atoms with Crippen LogP contribution in [0.5, 0.6) is 5.75 Å². The first kappa shape index (κ1) is 22.1. The minimum Gasteiger partial charge on any atom is -0.489 e. The lowest BCUT2D eigenvalue weighted by atomic mass is 10.1. The monoisotopic (exact) mass is 507 g/mol. The Kier molecular flexibility index (Phi) is 5.44. The number of aryl methyl sites for hydroxylation is 1. The standard InChI is InChI=1S/C28H25N7OS/c1-16-2-3-26(37-16)28-20-12-24(33-22(20)6-9-31-28)27-21-11-23(32-15-25(21)34-35-27)17-10-19(14-30-13-17)36-18-4-7-29-8-5-18/h2-3,6,9-15,18,29,33H,4-5,7-8H2,1H3,(H,34,35). The van der Waals surface area contributed by atoms with Gasteiger partial charge in [0.1, 0.15) is 17.5 Å². The molecule has 7 rings (SSSR count). The fraction of sp³-hybridized carbons (Fsp3) is 0.214. The molecule has 0 saturated carbocycles. The third-order valence-electron chi connectivity index (χ3n) is 6.82. The lowest BCUT2D eigenvalue weighted by Gasteiger charge is -2.23. The number of rotatable bonds is 5. The summed E-state index contributed by atoms with van der Waals surface area (Å²) in [7, 11) is 0. The van der Waals surface area contributed by atoms with Crippen LogP contribution in [0.1, 0.15) is 17.7 Å². The van der Waals surface area contributed by atoms with Crippen molar-refractivity contribution in [1.29, 1.82) is 0 Å². The number of hydrogen-bond donors (Lipinski definition) is 3. The van der Waals surface area contributed by atoms with Crippen LogP contribution in [0.25, 0.3) is 55.0 Å². The second-order valence-electron chi connectivity index (χ2n) is 9.38.